The molecule has 1 aromatic carbocycles. The van der Waals surface area contributed by atoms with Crippen molar-refractivity contribution in [3.05, 3.63) is 35.4 Å². The van der Waals surface area contributed by atoms with Gasteiger partial charge in [-0.1, -0.05) is 44.0 Å². The average molecular weight is 370 g/mol. The molecule has 2 aliphatic rings. The first-order valence-electron chi connectivity index (χ1n) is 10.3. The fourth-order valence-corrected chi connectivity index (χ4v) is 4.06. The maximum atomic E-state index is 12.5. The summed E-state index contributed by atoms with van der Waals surface area (Å²) in [6, 6.07) is 7.63. The summed E-state index contributed by atoms with van der Waals surface area (Å²) >= 11 is 0. The first-order chi connectivity index (χ1) is 13.1. The second kappa shape index (κ2) is 9.16. The van der Waals surface area contributed by atoms with Gasteiger partial charge in [-0.2, -0.15) is 0 Å². The third-order valence-corrected chi connectivity index (χ3v) is 5.90. The molecule has 1 heterocycles. The number of Topliss-reactive ketones (excluding diaryl/α,β-unsaturated/α-hetero) is 1. The fourth-order valence-electron chi connectivity index (χ4n) is 4.06. The highest BCUT2D eigenvalue weighted by Gasteiger charge is 2.30. The Hall–Kier alpha value is -2.17. The molecule has 27 heavy (non-hydrogen) atoms. The maximum Gasteiger partial charge on any atom is 0.225 e. The van der Waals surface area contributed by atoms with Gasteiger partial charge >= 0.3 is 0 Å². The SMILES string of the molecule is CCc1ccc(C(=O)CCC(=O)N2CCN(C(=O)C3CCCC3)CC2)cc1. The number of nitrogens with zero attached hydrogens (tertiary/aromatic N) is 2. The van der Waals surface area contributed by atoms with E-state index in [9.17, 15) is 14.4 Å². The molecule has 1 aliphatic heterocycles. The van der Waals surface area contributed by atoms with Crippen molar-refractivity contribution in [3.8, 4) is 0 Å². The zero-order valence-electron chi connectivity index (χ0n) is 16.3. The van der Waals surface area contributed by atoms with Crippen LogP contribution in [0.2, 0.25) is 0 Å². The summed E-state index contributed by atoms with van der Waals surface area (Å²) in [7, 11) is 0. The lowest BCUT2D eigenvalue weighted by atomic mass is 10.0. The van der Waals surface area contributed by atoms with Crippen LogP contribution in [0.15, 0.2) is 24.3 Å². The molecule has 1 saturated carbocycles. The molecule has 2 fully saturated rings. The second-order valence-corrected chi connectivity index (χ2v) is 7.66. The third kappa shape index (κ3) is 4.96. The van der Waals surface area contributed by atoms with Crippen molar-refractivity contribution in [2.24, 2.45) is 5.92 Å². The van der Waals surface area contributed by atoms with Gasteiger partial charge in [-0.05, 0) is 24.8 Å². The van der Waals surface area contributed by atoms with E-state index in [4.69, 9.17) is 0 Å². The quantitative estimate of drug-likeness (QED) is 0.723. The minimum absolute atomic E-state index is 0.0149. The van der Waals surface area contributed by atoms with Crippen molar-refractivity contribution < 1.29 is 14.4 Å². The van der Waals surface area contributed by atoms with Crippen LogP contribution in [0.4, 0.5) is 0 Å². The molecule has 0 aromatic heterocycles. The molecule has 1 saturated heterocycles. The molecule has 0 bridgehead atoms. The van der Waals surface area contributed by atoms with E-state index in [1.54, 1.807) is 4.90 Å². The molecule has 3 rings (SSSR count). The largest absolute Gasteiger partial charge is 0.339 e. The molecule has 1 aromatic rings. The summed E-state index contributed by atoms with van der Waals surface area (Å²) in [6.07, 6.45) is 5.77. The van der Waals surface area contributed by atoms with Gasteiger partial charge in [-0.3, -0.25) is 14.4 Å². The molecular weight excluding hydrogens is 340 g/mol. The number of rotatable bonds is 6. The Morgan fingerprint density at radius 2 is 1.48 bits per heavy atom. The van der Waals surface area contributed by atoms with Crippen LogP contribution in [0.3, 0.4) is 0 Å². The average Bonchev–Trinajstić information content (AvgIpc) is 3.26. The molecule has 2 amide bonds. The number of aryl methyl sites for hydroxylation is 1. The van der Waals surface area contributed by atoms with Gasteiger partial charge in [0.1, 0.15) is 0 Å². The number of hydrogen-bond donors (Lipinski definition) is 0. The standard InChI is InChI=1S/C22H30N2O3/c1-2-17-7-9-18(10-8-17)20(25)11-12-21(26)23-13-15-24(16-14-23)22(27)19-5-3-4-6-19/h7-10,19H,2-6,11-16H2,1H3. The van der Waals surface area contributed by atoms with Crippen molar-refractivity contribution in [3.63, 3.8) is 0 Å². The molecule has 5 nitrogen and oxygen atoms in total. The fraction of sp³-hybridized carbons (Fsp3) is 0.591. The number of ketones is 1. The first-order valence-corrected chi connectivity index (χ1v) is 10.3. The van der Waals surface area contributed by atoms with Gasteiger partial charge in [0.25, 0.3) is 0 Å². The molecule has 0 spiro atoms. The highest BCUT2D eigenvalue weighted by molar-refractivity contribution is 5.98. The van der Waals surface area contributed by atoms with E-state index in [0.29, 0.717) is 31.7 Å². The third-order valence-electron chi connectivity index (χ3n) is 5.90. The van der Waals surface area contributed by atoms with Crippen LogP contribution in [0.1, 0.15) is 61.4 Å². The lowest BCUT2D eigenvalue weighted by molar-refractivity contribution is -0.142. The number of benzene rings is 1. The lowest BCUT2D eigenvalue weighted by Gasteiger charge is -2.36. The van der Waals surface area contributed by atoms with Gasteiger partial charge in [0.2, 0.25) is 11.8 Å². The predicted molar refractivity (Wildman–Crippen MR) is 105 cm³/mol. The summed E-state index contributed by atoms with van der Waals surface area (Å²) < 4.78 is 0. The molecule has 1 aliphatic carbocycles. The minimum Gasteiger partial charge on any atom is -0.339 e. The Morgan fingerprint density at radius 1 is 0.889 bits per heavy atom. The van der Waals surface area contributed by atoms with Crippen LogP contribution >= 0.6 is 0 Å². The number of carbonyl (C=O) groups excluding carboxylic acids is 3. The summed E-state index contributed by atoms with van der Waals surface area (Å²) in [5.41, 5.74) is 1.87. The Morgan fingerprint density at radius 3 is 2.07 bits per heavy atom. The van der Waals surface area contributed by atoms with Crippen LogP contribution in [-0.2, 0) is 16.0 Å². The number of hydrogen-bond acceptors (Lipinski definition) is 3. The number of piperazine rings is 1. The van der Waals surface area contributed by atoms with Crippen molar-refractivity contribution in [1.29, 1.82) is 0 Å². The van der Waals surface area contributed by atoms with Crippen molar-refractivity contribution in [2.45, 2.75) is 51.9 Å². The van der Waals surface area contributed by atoms with Crippen molar-refractivity contribution in [1.82, 2.24) is 9.80 Å². The summed E-state index contributed by atoms with van der Waals surface area (Å²) in [5.74, 6) is 0.497. The first kappa shape index (κ1) is 19.6. The Kier molecular flexibility index (Phi) is 6.64. The van der Waals surface area contributed by atoms with Gasteiger partial charge < -0.3 is 9.80 Å². The zero-order chi connectivity index (χ0) is 19.2. The molecule has 0 unspecified atom stereocenters. The molecule has 5 heteroatoms. The Bertz CT molecular complexity index is 669. The number of carbonyl (C=O) groups is 3. The molecule has 0 radical (unpaired) electrons. The van der Waals surface area contributed by atoms with Crippen LogP contribution < -0.4 is 0 Å². The van der Waals surface area contributed by atoms with Gasteiger partial charge in [0.15, 0.2) is 5.78 Å². The normalized spacial score (nSPS) is 18.0. The van der Waals surface area contributed by atoms with E-state index in [1.165, 1.54) is 5.56 Å². The lowest BCUT2D eigenvalue weighted by Crippen LogP contribution is -2.51. The van der Waals surface area contributed by atoms with Crippen LogP contribution in [0.5, 0.6) is 0 Å². The predicted octanol–water partition coefficient (Wildman–Crippen LogP) is 3.07. The van der Waals surface area contributed by atoms with Gasteiger partial charge in [0, 0.05) is 50.5 Å². The molecule has 0 N–H and O–H groups in total. The monoisotopic (exact) mass is 370 g/mol. The molecule has 0 atom stereocenters. The van der Waals surface area contributed by atoms with Crippen LogP contribution in [0.25, 0.3) is 0 Å². The highest BCUT2D eigenvalue weighted by atomic mass is 16.2. The summed E-state index contributed by atoms with van der Waals surface area (Å²) in [6.45, 7) is 4.48. The minimum atomic E-state index is 0.0149. The zero-order valence-corrected chi connectivity index (χ0v) is 16.3. The topological polar surface area (TPSA) is 57.7 Å². The highest BCUT2D eigenvalue weighted by Crippen LogP contribution is 2.27. The van der Waals surface area contributed by atoms with E-state index in [2.05, 4.69) is 6.92 Å². The van der Waals surface area contributed by atoms with Gasteiger partial charge in [0.05, 0.1) is 0 Å². The molecule has 146 valence electrons. The van der Waals surface area contributed by atoms with E-state index in [0.717, 1.165) is 32.1 Å². The molecular formula is C22H30N2O3. The smallest absolute Gasteiger partial charge is 0.225 e. The number of amides is 2. The Balaban J connectivity index is 1.42. The van der Waals surface area contributed by atoms with E-state index >= 15 is 0 Å². The van der Waals surface area contributed by atoms with Crippen LogP contribution in [-0.4, -0.2) is 53.6 Å². The maximum absolute atomic E-state index is 12.5. The van der Waals surface area contributed by atoms with E-state index in [-0.39, 0.29) is 36.4 Å². The van der Waals surface area contributed by atoms with E-state index in [1.807, 2.05) is 29.2 Å². The van der Waals surface area contributed by atoms with Gasteiger partial charge in [-0.25, -0.2) is 0 Å². The second-order valence-electron chi connectivity index (χ2n) is 7.66. The Labute approximate surface area is 161 Å². The van der Waals surface area contributed by atoms with E-state index < -0.39 is 0 Å². The van der Waals surface area contributed by atoms with Crippen molar-refractivity contribution in [2.75, 3.05) is 26.2 Å². The van der Waals surface area contributed by atoms with Crippen molar-refractivity contribution >= 4 is 17.6 Å². The van der Waals surface area contributed by atoms with Crippen LogP contribution in [0, 0.1) is 5.92 Å². The van der Waals surface area contributed by atoms with Gasteiger partial charge in [-0.15, -0.1) is 0 Å². The summed E-state index contributed by atoms with van der Waals surface area (Å²) in [5, 5.41) is 0. The summed E-state index contributed by atoms with van der Waals surface area (Å²) in [4.78, 5) is 40.9.